The van der Waals surface area contributed by atoms with Crippen LogP contribution < -0.4 is 0 Å². The summed E-state index contributed by atoms with van der Waals surface area (Å²) >= 11 is 0. The van der Waals surface area contributed by atoms with Gasteiger partial charge in [-0.25, -0.2) is 0 Å². The molecule has 88 valence electrons. The molecule has 0 radical (unpaired) electrons. The van der Waals surface area contributed by atoms with Crippen molar-refractivity contribution in [1.82, 2.24) is 9.80 Å². The zero-order valence-corrected chi connectivity index (χ0v) is 9.96. The molecule has 15 heavy (non-hydrogen) atoms. The molecule has 2 fully saturated rings. The van der Waals surface area contributed by atoms with Gasteiger partial charge in [0.25, 0.3) is 0 Å². The molecule has 2 aliphatic rings. The Morgan fingerprint density at radius 3 is 1.93 bits per heavy atom. The van der Waals surface area contributed by atoms with Crippen LogP contribution in [0.1, 0.15) is 26.7 Å². The minimum absolute atomic E-state index is 0.709. The van der Waals surface area contributed by atoms with Gasteiger partial charge in [-0.15, -0.1) is 0 Å². The normalized spacial score (nSPS) is 20.9. The summed E-state index contributed by atoms with van der Waals surface area (Å²) in [6.07, 6.45) is 2.49. The second-order valence-electron chi connectivity index (χ2n) is 3.62. The SMILES string of the molecule is CC.N=C(N1CCCC1)N1CCOCC1. The third-order valence-electron chi connectivity index (χ3n) is 2.72. The summed E-state index contributed by atoms with van der Waals surface area (Å²) in [7, 11) is 0. The Morgan fingerprint density at radius 2 is 1.40 bits per heavy atom. The molecule has 4 nitrogen and oxygen atoms in total. The predicted molar refractivity (Wildman–Crippen MR) is 62.3 cm³/mol. The van der Waals surface area contributed by atoms with Crippen LogP contribution in [0.25, 0.3) is 0 Å². The summed E-state index contributed by atoms with van der Waals surface area (Å²) in [5, 5.41) is 7.98. The Balaban J connectivity index is 0.000000531. The van der Waals surface area contributed by atoms with Crippen molar-refractivity contribution in [3.8, 4) is 0 Å². The molecule has 0 unspecified atom stereocenters. The second kappa shape index (κ2) is 6.67. The smallest absolute Gasteiger partial charge is 0.193 e. The summed E-state index contributed by atoms with van der Waals surface area (Å²) in [5.41, 5.74) is 0. The van der Waals surface area contributed by atoms with E-state index in [0.29, 0.717) is 5.96 Å². The number of ether oxygens (including phenoxy) is 1. The van der Waals surface area contributed by atoms with E-state index in [-0.39, 0.29) is 0 Å². The average molecular weight is 213 g/mol. The van der Waals surface area contributed by atoms with Crippen LogP contribution in [0, 0.1) is 5.41 Å². The van der Waals surface area contributed by atoms with Crippen molar-refractivity contribution in [2.75, 3.05) is 39.4 Å². The fourth-order valence-electron chi connectivity index (χ4n) is 1.90. The van der Waals surface area contributed by atoms with Gasteiger partial charge < -0.3 is 14.5 Å². The average Bonchev–Trinajstić information content (AvgIpc) is 2.85. The lowest BCUT2D eigenvalue weighted by atomic mass is 10.4. The van der Waals surface area contributed by atoms with E-state index in [2.05, 4.69) is 9.80 Å². The first-order valence-electron chi connectivity index (χ1n) is 6.04. The van der Waals surface area contributed by atoms with E-state index in [9.17, 15) is 0 Å². The Bertz CT molecular complexity index is 184. The minimum atomic E-state index is 0.709. The van der Waals surface area contributed by atoms with Crippen LogP contribution in [0.3, 0.4) is 0 Å². The largest absolute Gasteiger partial charge is 0.378 e. The maximum absolute atomic E-state index is 7.98. The minimum Gasteiger partial charge on any atom is -0.378 e. The molecule has 0 aromatic heterocycles. The van der Waals surface area contributed by atoms with Gasteiger partial charge in [0, 0.05) is 26.2 Å². The molecule has 0 amide bonds. The Morgan fingerprint density at radius 1 is 0.933 bits per heavy atom. The highest BCUT2D eigenvalue weighted by molar-refractivity contribution is 5.77. The van der Waals surface area contributed by atoms with Crippen molar-refractivity contribution in [1.29, 1.82) is 5.41 Å². The maximum Gasteiger partial charge on any atom is 0.193 e. The quantitative estimate of drug-likeness (QED) is 0.488. The number of guanidine groups is 1. The standard InChI is InChI=1S/C9H17N3O.C2H6/c10-9(11-3-1-2-4-11)12-5-7-13-8-6-12;1-2/h10H,1-8H2;1-2H3. The van der Waals surface area contributed by atoms with Gasteiger partial charge in [-0.3, -0.25) is 5.41 Å². The van der Waals surface area contributed by atoms with E-state index in [1.54, 1.807) is 0 Å². The first kappa shape index (κ1) is 12.3. The molecule has 0 aromatic rings. The van der Waals surface area contributed by atoms with Crippen LogP contribution in [0.4, 0.5) is 0 Å². The first-order chi connectivity index (χ1) is 7.38. The molecule has 2 saturated heterocycles. The van der Waals surface area contributed by atoms with Crippen LogP contribution in [0.2, 0.25) is 0 Å². The van der Waals surface area contributed by atoms with Crippen molar-refractivity contribution < 1.29 is 4.74 Å². The molecule has 0 aromatic carbocycles. The predicted octanol–water partition coefficient (Wildman–Crippen LogP) is 1.38. The van der Waals surface area contributed by atoms with Gasteiger partial charge in [0.05, 0.1) is 13.2 Å². The maximum atomic E-state index is 7.98. The van der Waals surface area contributed by atoms with Gasteiger partial charge in [0.1, 0.15) is 0 Å². The molecule has 0 bridgehead atoms. The number of hydrogen-bond donors (Lipinski definition) is 1. The number of nitrogens with zero attached hydrogens (tertiary/aromatic N) is 2. The summed E-state index contributed by atoms with van der Waals surface area (Å²) in [6, 6.07) is 0. The number of hydrogen-bond acceptors (Lipinski definition) is 2. The molecular weight excluding hydrogens is 190 g/mol. The molecule has 1 N–H and O–H groups in total. The van der Waals surface area contributed by atoms with E-state index in [0.717, 1.165) is 39.4 Å². The summed E-state index contributed by atoms with van der Waals surface area (Å²) < 4.78 is 5.26. The van der Waals surface area contributed by atoms with Gasteiger partial charge in [0.2, 0.25) is 0 Å². The van der Waals surface area contributed by atoms with E-state index < -0.39 is 0 Å². The molecule has 2 rings (SSSR count). The lowest BCUT2D eigenvalue weighted by Crippen LogP contribution is -2.47. The highest BCUT2D eigenvalue weighted by atomic mass is 16.5. The van der Waals surface area contributed by atoms with Gasteiger partial charge >= 0.3 is 0 Å². The van der Waals surface area contributed by atoms with E-state index in [1.165, 1.54) is 12.8 Å². The molecule has 0 aliphatic carbocycles. The summed E-state index contributed by atoms with van der Waals surface area (Å²) in [6.45, 7) is 9.45. The molecule has 2 aliphatic heterocycles. The monoisotopic (exact) mass is 213 g/mol. The molecular formula is C11H23N3O. The fourth-order valence-corrected chi connectivity index (χ4v) is 1.90. The number of nitrogens with one attached hydrogen (secondary N) is 1. The van der Waals surface area contributed by atoms with Crippen molar-refractivity contribution >= 4 is 5.96 Å². The van der Waals surface area contributed by atoms with Crippen LogP contribution in [-0.2, 0) is 4.74 Å². The van der Waals surface area contributed by atoms with Crippen LogP contribution in [0.15, 0.2) is 0 Å². The zero-order valence-electron chi connectivity index (χ0n) is 9.96. The lowest BCUT2D eigenvalue weighted by molar-refractivity contribution is 0.0625. The topological polar surface area (TPSA) is 39.6 Å². The molecule has 2 heterocycles. The highest BCUT2D eigenvalue weighted by Crippen LogP contribution is 2.10. The van der Waals surface area contributed by atoms with Crippen LogP contribution in [0.5, 0.6) is 0 Å². The van der Waals surface area contributed by atoms with Crippen molar-refractivity contribution in [2.45, 2.75) is 26.7 Å². The summed E-state index contributed by atoms with van der Waals surface area (Å²) in [5.74, 6) is 0.709. The third kappa shape index (κ3) is 3.38. The first-order valence-corrected chi connectivity index (χ1v) is 6.04. The zero-order chi connectivity index (χ0) is 11.1. The van der Waals surface area contributed by atoms with Crippen molar-refractivity contribution in [3.05, 3.63) is 0 Å². The van der Waals surface area contributed by atoms with Crippen LogP contribution in [-0.4, -0.2) is 55.2 Å². The van der Waals surface area contributed by atoms with Crippen molar-refractivity contribution in [2.24, 2.45) is 0 Å². The van der Waals surface area contributed by atoms with Gasteiger partial charge in [0.15, 0.2) is 5.96 Å². The highest BCUT2D eigenvalue weighted by Gasteiger charge is 2.21. The molecule has 0 saturated carbocycles. The van der Waals surface area contributed by atoms with Crippen molar-refractivity contribution in [3.63, 3.8) is 0 Å². The Kier molecular flexibility index (Phi) is 5.47. The lowest BCUT2D eigenvalue weighted by Gasteiger charge is -2.33. The molecule has 0 atom stereocenters. The van der Waals surface area contributed by atoms with E-state index >= 15 is 0 Å². The Labute approximate surface area is 92.7 Å². The summed E-state index contributed by atoms with van der Waals surface area (Å²) in [4.78, 5) is 4.29. The third-order valence-corrected chi connectivity index (χ3v) is 2.72. The van der Waals surface area contributed by atoms with E-state index in [4.69, 9.17) is 10.1 Å². The Hall–Kier alpha value is -0.770. The van der Waals surface area contributed by atoms with E-state index in [1.807, 2.05) is 13.8 Å². The second-order valence-corrected chi connectivity index (χ2v) is 3.62. The fraction of sp³-hybridized carbons (Fsp3) is 0.909. The van der Waals surface area contributed by atoms with Crippen LogP contribution >= 0.6 is 0 Å². The number of rotatable bonds is 0. The van der Waals surface area contributed by atoms with Gasteiger partial charge in [-0.2, -0.15) is 0 Å². The number of morpholine rings is 1. The molecule has 4 heteroatoms. The number of likely N-dealkylation sites (tertiary alicyclic amines) is 1. The molecule has 0 spiro atoms. The van der Waals surface area contributed by atoms with Gasteiger partial charge in [-0.05, 0) is 12.8 Å². The van der Waals surface area contributed by atoms with Gasteiger partial charge in [-0.1, -0.05) is 13.8 Å².